The second kappa shape index (κ2) is 7.79. The van der Waals surface area contributed by atoms with E-state index in [1.165, 1.54) is 5.56 Å². The van der Waals surface area contributed by atoms with E-state index in [9.17, 15) is 4.79 Å². The Morgan fingerprint density at radius 3 is 2.96 bits per heavy atom. The van der Waals surface area contributed by atoms with Crippen LogP contribution in [0.15, 0.2) is 36.5 Å². The lowest BCUT2D eigenvalue weighted by Crippen LogP contribution is -2.12. The smallest absolute Gasteiger partial charge is 0.224 e. The van der Waals surface area contributed by atoms with Crippen molar-refractivity contribution in [2.75, 3.05) is 11.9 Å². The fraction of sp³-hybridized carbons (Fsp3) is 0.316. The molecule has 0 aliphatic rings. The van der Waals surface area contributed by atoms with E-state index in [1.807, 2.05) is 44.2 Å². The number of benzene rings is 1. The van der Waals surface area contributed by atoms with Gasteiger partial charge < -0.3 is 10.1 Å². The van der Waals surface area contributed by atoms with Crippen LogP contribution in [-0.4, -0.2) is 27.7 Å². The molecule has 1 aromatic carbocycles. The molecule has 0 unspecified atom stereocenters. The maximum absolute atomic E-state index is 12.0. The van der Waals surface area contributed by atoms with Gasteiger partial charge in [-0.15, -0.1) is 0 Å². The van der Waals surface area contributed by atoms with Gasteiger partial charge in [-0.05, 0) is 50.5 Å². The van der Waals surface area contributed by atoms with Crippen molar-refractivity contribution in [3.8, 4) is 5.75 Å². The molecule has 6 heteroatoms. The molecule has 130 valence electrons. The number of nitrogens with one attached hydrogen (secondary N) is 2. The van der Waals surface area contributed by atoms with E-state index in [-0.39, 0.29) is 5.91 Å². The van der Waals surface area contributed by atoms with Gasteiger partial charge in [-0.25, -0.2) is 4.98 Å². The fourth-order valence-corrected chi connectivity index (χ4v) is 2.59. The zero-order valence-electron chi connectivity index (χ0n) is 14.5. The van der Waals surface area contributed by atoms with E-state index in [0.29, 0.717) is 24.4 Å². The van der Waals surface area contributed by atoms with Crippen LogP contribution >= 0.6 is 0 Å². The summed E-state index contributed by atoms with van der Waals surface area (Å²) in [7, 11) is 0. The second-order valence-electron chi connectivity index (χ2n) is 6.11. The lowest BCUT2D eigenvalue weighted by atomic mass is 10.2. The van der Waals surface area contributed by atoms with E-state index in [4.69, 9.17) is 4.74 Å². The van der Waals surface area contributed by atoms with Gasteiger partial charge in [-0.1, -0.05) is 12.1 Å². The van der Waals surface area contributed by atoms with Gasteiger partial charge in [0.25, 0.3) is 0 Å². The summed E-state index contributed by atoms with van der Waals surface area (Å²) in [6, 6.07) is 9.85. The number of ether oxygens (including phenoxy) is 1. The minimum absolute atomic E-state index is 0.0159. The monoisotopic (exact) mass is 338 g/mol. The van der Waals surface area contributed by atoms with E-state index >= 15 is 0 Å². The summed E-state index contributed by atoms with van der Waals surface area (Å²) in [6.45, 7) is 4.57. The summed E-state index contributed by atoms with van der Waals surface area (Å²) in [5.41, 5.74) is 3.46. The quantitative estimate of drug-likeness (QED) is 0.643. The summed E-state index contributed by atoms with van der Waals surface area (Å²) in [6.07, 6.45) is 3.69. The Balaban J connectivity index is 1.41. The van der Waals surface area contributed by atoms with E-state index in [0.717, 1.165) is 29.7 Å². The van der Waals surface area contributed by atoms with Gasteiger partial charge in [0.2, 0.25) is 5.91 Å². The van der Waals surface area contributed by atoms with Crippen LogP contribution in [0.25, 0.3) is 11.0 Å². The van der Waals surface area contributed by atoms with Crippen LogP contribution in [0.1, 0.15) is 30.5 Å². The van der Waals surface area contributed by atoms with E-state index in [2.05, 4.69) is 20.5 Å². The van der Waals surface area contributed by atoms with E-state index < -0.39 is 0 Å². The Labute approximate surface area is 146 Å². The van der Waals surface area contributed by atoms with Crippen LogP contribution in [0, 0.1) is 13.8 Å². The van der Waals surface area contributed by atoms with Crippen LogP contribution in [0.4, 0.5) is 5.69 Å². The first-order chi connectivity index (χ1) is 12.1. The molecule has 2 N–H and O–H groups in total. The maximum atomic E-state index is 12.0. The summed E-state index contributed by atoms with van der Waals surface area (Å²) in [5, 5.41) is 10.8. The molecule has 0 radical (unpaired) electrons. The predicted octanol–water partition coefficient (Wildman–Crippen LogP) is 3.76. The Kier molecular flexibility index (Phi) is 5.28. The number of H-pyrrole nitrogens is 1. The van der Waals surface area contributed by atoms with Crippen molar-refractivity contribution >= 4 is 22.6 Å². The standard InChI is InChI=1S/C19H22N4O2/c1-13-6-5-7-16(10-13)25-9-4-3-8-18(24)21-15-11-17-14(2)22-23-19(17)20-12-15/h5-7,10-12H,3-4,8-9H2,1-2H3,(H,21,24)(H,20,22,23). The number of amides is 1. The lowest BCUT2D eigenvalue weighted by molar-refractivity contribution is -0.116. The number of anilines is 1. The summed E-state index contributed by atoms with van der Waals surface area (Å²) in [4.78, 5) is 16.3. The highest BCUT2D eigenvalue weighted by Gasteiger charge is 2.07. The number of carbonyl (C=O) groups is 1. The van der Waals surface area contributed by atoms with Gasteiger partial charge in [0.05, 0.1) is 18.5 Å². The van der Waals surface area contributed by atoms with Gasteiger partial charge in [0.1, 0.15) is 5.75 Å². The minimum atomic E-state index is -0.0159. The Bertz CT molecular complexity index is 873. The first kappa shape index (κ1) is 17.0. The number of hydrogen-bond donors (Lipinski definition) is 2. The molecule has 0 aliphatic heterocycles. The van der Waals surface area contributed by atoms with Crippen LogP contribution in [0.5, 0.6) is 5.75 Å². The third-order valence-corrected chi connectivity index (χ3v) is 3.94. The number of pyridine rings is 1. The number of aromatic amines is 1. The number of carbonyl (C=O) groups excluding carboxylic acids is 1. The van der Waals surface area contributed by atoms with Crippen LogP contribution < -0.4 is 10.1 Å². The molecule has 0 saturated carbocycles. The highest BCUT2D eigenvalue weighted by molar-refractivity contribution is 5.92. The molecule has 25 heavy (non-hydrogen) atoms. The zero-order chi connectivity index (χ0) is 17.6. The number of aromatic nitrogens is 3. The SMILES string of the molecule is Cc1cccc(OCCCCC(=O)Nc2cnc3n[nH]c(C)c3c2)c1. The number of aryl methyl sites for hydroxylation is 2. The molecule has 1 amide bonds. The largest absolute Gasteiger partial charge is 0.494 e. The molecule has 0 atom stereocenters. The third-order valence-electron chi connectivity index (χ3n) is 3.94. The highest BCUT2D eigenvalue weighted by Crippen LogP contribution is 2.18. The Morgan fingerprint density at radius 2 is 2.12 bits per heavy atom. The topological polar surface area (TPSA) is 79.9 Å². The average Bonchev–Trinajstić information content (AvgIpc) is 2.95. The molecule has 0 aliphatic carbocycles. The number of rotatable bonds is 7. The Hall–Kier alpha value is -2.89. The molecule has 3 rings (SSSR count). The fourth-order valence-electron chi connectivity index (χ4n) is 2.59. The number of hydrogen-bond acceptors (Lipinski definition) is 4. The molecule has 0 bridgehead atoms. The summed E-state index contributed by atoms with van der Waals surface area (Å²) in [5.74, 6) is 0.858. The molecule has 3 aromatic rings. The number of unbranched alkanes of at least 4 members (excludes halogenated alkanes) is 1. The van der Waals surface area contributed by atoms with Crippen LogP contribution in [-0.2, 0) is 4.79 Å². The van der Waals surface area contributed by atoms with Crippen molar-refractivity contribution in [3.05, 3.63) is 47.8 Å². The lowest BCUT2D eigenvalue weighted by Gasteiger charge is -2.07. The van der Waals surface area contributed by atoms with Gasteiger partial charge in [0.15, 0.2) is 5.65 Å². The predicted molar refractivity (Wildman–Crippen MR) is 97.8 cm³/mol. The van der Waals surface area contributed by atoms with Crippen molar-refractivity contribution in [2.45, 2.75) is 33.1 Å². The molecule has 2 aromatic heterocycles. The zero-order valence-corrected chi connectivity index (χ0v) is 14.5. The Morgan fingerprint density at radius 1 is 1.24 bits per heavy atom. The van der Waals surface area contributed by atoms with Crippen LogP contribution in [0.3, 0.4) is 0 Å². The summed E-state index contributed by atoms with van der Waals surface area (Å²) >= 11 is 0. The molecular formula is C19H22N4O2. The van der Waals surface area contributed by atoms with Gasteiger partial charge >= 0.3 is 0 Å². The van der Waals surface area contributed by atoms with Crippen molar-refractivity contribution in [2.24, 2.45) is 0 Å². The first-order valence-electron chi connectivity index (χ1n) is 8.42. The number of nitrogens with zero attached hydrogens (tertiary/aromatic N) is 2. The number of fused-ring (bicyclic) bond motifs is 1. The maximum Gasteiger partial charge on any atom is 0.224 e. The van der Waals surface area contributed by atoms with E-state index in [1.54, 1.807) is 6.20 Å². The summed E-state index contributed by atoms with van der Waals surface area (Å²) < 4.78 is 5.69. The van der Waals surface area contributed by atoms with Crippen molar-refractivity contribution in [1.29, 1.82) is 0 Å². The first-order valence-corrected chi connectivity index (χ1v) is 8.42. The van der Waals surface area contributed by atoms with Crippen molar-refractivity contribution in [3.63, 3.8) is 0 Å². The molecule has 0 spiro atoms. The van der Waals surface area contributed by atoms with Crippen molar-refractivity contribution in [1.82, 2.24) is 15.2 Å². The van der Waals surface area contributed by atoms with Gasteiger partial charge in [0, 0.05) is 17.5 Å². The third kappa shape index (κ3) is 4.56. The van der Waals surface area contributed by atoms with Crippen LogP contribution in [0.2, 0.25) is 0 Å². The molecule has 6 nitrogen and oxygen atoms in total. The van der Waals surface area contributed by atoms with Crippen molar-refractivity contribution < 1.29 is 9.53 Å². The van der Waals surface area contributed by atoms with Gasteiger partial charge in [-0.3, -0.25) is 9.89 Å². The highest BCUT2D eigenvalue weighted by atomic mass is 16.5. The molecule has 2 heterocycles. The molecular weight excluding hydrogens is 316 g/mol. The minimum Gasteiger partial charge on any atom is -0.494 e. The van der Waals surface area contributed by atoms with Gasteiger partial charge in [-0.2, -0.15) is 5.10 Å². The second-order valence-corrected chi connectivity index (χ2v) is 6.11. The molecule has 0 saturated heterocycles. The normalized spacial score (nSPS) is 10.8. The average molecular weight is 338 g/mol. The molecule has 0 fully saturated rings.